The SMILES string of the molecule is O=C(NC(Cc1ccccc1)C(=O)NC(CC1CCNC1=O)C(=O)O)OCc1ccccc1. The first kappa shape index (κ1) is 23.8. The van der Waals surface area contributed by atoms with Crippen LogP contribution < -0.4 is 16.0 Å². The lowest BCUT2D eigenvalue weighted by molar-refractivity contribution is -0.142. The number of carboxylic acid groups (broad SMARTS) is 1. The average molecular weight is 453 g/mol. The molecule has 0 aromatic heterocycles. The summed E-state index contributed by atoms with van der Waals surface area (Å²) in [7, 11) is 0. The summed E-state index contributed by atoms with van der Waals surface area (Å²) in [6.07, 6.45) is -0.167. The third kappa shape index (κ3) is 7.34. The van der Waals surface area contributed by atoms with Crippen LogP contribution in [0.2, 0.25) is 0 Å². The lowest BCUT2D eigenvalue weighted by Crippen LogP contribution is -2.53. The Morgan fingerprint density at radius 3 is 2.18 bits per heavy atom. The topological polar surface area (TPSA) is 134 Å². The molecule has 3 rings (SSSR count). The lowest BCUT2D eigenvalue weighted by atomic mass is 9.97. The molecule has 1 heterocycles. The number of alkyl carbamates (subject to hydrolysis) is 1. The molecule has 1 saturated heterocycles. The molecule has 4 N–H and O–H groups in total. The van der Waals surface area contributed by atoms with E-state index in [1.807, 2.05) is 24.3 Å². The Hall–Kier alpha value is -3.88. The maximum absolute atomic E-state index is 13.0. The van der Waals surface area contributed by atoms with Crippen molar-refractivity contribution in [1.29, 1.82) is 0 Å². The van der Waals surface area contributed by atoms with Crippen LogP contribution in [0.4, 0.5) is 4.79 Å². The van der Waals surface area contributed by atoms with Crippen molar-refractivity contribution in [2.75, 3.05) is 6.54 Å². The average Bonchev–Trinajstić information content (AvgIpc) is 3.22. The predicted molar refractivity (Wildman–Crippen MR) is 119 cm³/mol. The van der Waals surface area contributed by atoms with Gasteiger partial charge < -0.3 is 25.8 Å². The van der Waals surface area contributed by atoms with Crippen LogP contribution in [-0.4, -0.2) is 47.6 Å². The van der Waals surface area contributed by atoms with Crippen molar-refractivity contribution >= 4 is 23.9 Å². The van der Waals surface area contributed by atoms with Crippen LogP contribution in [0, 0.1) is 5.92 Å². The minimum Gasteiger partial charge on any atom is -0.480 e. The zero-order chi connectivity index (χ0) is 23.6. The number of rotatable bonds is 10. The molecule has 0 bridgehead atoms. The summed E-state index contributed by atoms with van der Waals surface area (Å²) in [6, 6.07) is 15.8. The molecule has 2 aromatic carbocycles. The van der Waals surface area contributed by atoms with Crippen molar-refractivity contribution in [2.45, 2.75) is 38.0 Å². The van der Waals surface area contributed by atoms with Gasteiger partial charge in [0.2, 0.25) is 11.8 Å². The second kappa shape index (κ2) is 11.7. The molecule has 3 atom stereocenters. The van der Waals surface area contributed by atoms with E-state index in [4.69, 9.17) is 4.74 Å². The molecule has 2 aromatic rings. The first-order chi connectivity index (χ1) is 15.9. The van der Waals surface area contributed by atoms with Crippen molar-refractivity contribution in [3.63, 3.8) is 0 Å². The molecule has 3 unspecified atom stereocenters. The Morgan fingerprint density at radius 2 is 1.61 bits per heavy atom. The van der Waals surface area contributed by atoms with Crippen LogP contribution in [0.5, 0.6) is 0 Å². The Labute approximate surface area is 191 Å². The third-order valence-electron chi connectivity index (χ3n) is 5.40. The number of amides is 3. The fourth-order valence-electron chi connectivity index (χ4n) is 3.61. The second-order valence-corrected chi connectivity index (χ2v) is 7.86. The minimum atomic E-state index is -1.26. The highest BCUT2D eigenvalue weighted by atomic mass is 16.5. The summed E-state index contributed by atoms with van der Waals surface area (Å²) in [5.41, 5.74) is 1.57. The van der Waals surface area contributed by atoms with Gasteiger partial charge in [-0.05, 0) is 24.0 Å². The number of hydrogen-bond acceptors (Lipinski definition) is 5. The maximum atomic E-state index is 13.0. The number of carbonyl (C=O) groups is 4. The van der Waals surface area contributed by atoms with Gasteiger partial charge in [0, 0.05) is 18.9 Å². The predicted octanol–water partition coefficient (Wildman–Crippen LogP) is 1.62. The molecule has 1 aliphatic rings. The van der Waals surface area contributed by atoms with E-state index in [2.05, 4.69) is 16.0 Å². The molecule has 0 radical (unpaired) electrons. The van der Waals surface area contributed by atoms with Crippen molar-refractivity contribution in [1.82, 2.24) is 16.0 Å². The standard InChI is InChI=1S/C24H27N3O6/c28-21-18(11-12-25-21)14-20(23(30)31)26-22(29)19(13-16-7-3-1-4-8-16)27-24(32)33-15-17-9-5-2-6-10-17/h1-10,18-20H,11-15H2,(H,25,28)(H,26,29)(H,27,32)(H,30,31). The molecule has 0 saturated carbocycles. The number of aliphatic carboxylic acids is 1. The molecule has 1 fully saturated rings. The Kier molecular flexibility index (Phi) is 8.40. The van der Waals surface area contributed by atoms with Crippen LogP contribution in [0.15, 0.2) is 60.7 Å². The lowest BCUT2D eigenvalue weighted by Gasteiger charge is -2.22. The highest BCUT2D eigenvalue weighted by Gasteiger charge is 2.33. The Balaban J connectivity index is 1.66. The van der Waals surface area contributed by atoms with Crippen LogP contribution in [-0.2, 0) is 32.1 Å². The summed E-state index contributed by atoms with van der Waals surface area (Å²) < 4.78 is 5.22. The molecule has 0 spiro atoms. The van der Waals surface area contributed by atoms with E-state index < -0.39 is 36.0 Å². The maximum Gasteiger partial charge on any atom is 0.408 e. The molecular weight excluding hydrogens is 426 g/mol. The fourth-order valence-corrected chi connectivity index (χ4v) is 3.61. The molecular formula is C24H27N3O6. The van der Waals surface area contributed by atoms with Gasteiger partial charge >= 0.3 is 12.1 Å². The van der Waals surface area contributed by atoms with Gasteiger partial charge in [0.15, 0.2) is 0 Å². The van der Waals surface area contributed by atoms with E-state index in [0.717, 1.165) is 11.1 Å². The molecule has 9 heteroatoms. The molecule has 1 aliphatic heterocycles. The first-order valence-electron chi connectivity index (χ1n) is 10.7. The molecule has 174 valence electrons. The highest BCUT2D eigenvalue weighted by Crippen LogP contribution is 2.16. The van der Waals surface area contributed by atoms with Gasteiger partial charge in [0.05, 0.1) is 0 Å². The second-order valence-electron chi connectivity index (χ2n) is 7.86. The van der Waals surface area contributed by atoms with Gasteiger partial charge in [-0.1, -0.05) is 60.7 Å². The van der Waals surface area contributed by atoms with E-state index in [0.29, 0.717) is 13.0 Å². The van der Waals surface area contributed by atoms with Gasteiger partial charge in [-0.2, -0.15) is 0 Å². The van der Waals surface area contributed by atoms with Crippen LogP contribution in [0.1, 0.15) is 24.0 Å². The van der Waals surface area contributed by atoms with Gasteiger partial charge in [0.1, 0.15) is 18.7 Å². The number of carboxylic acids is 1. The molecule has 9 nitrogen and oxygen atoms in total. The van der Waals surface area contributed by atoms with E-state index in [9.17, 15) is 24.3 Å². The Morgan fingerprint density at radius 1 is 0.970 bits per heavy atom. The number of nitrogens with one attached hydrogen (secondary N) is 3. The highest BCUT2D eigenvalue weighted by molar-refractivity contribution is 5.90. The van der Waals surface area contributed by atoms with Crippen LogP contribution >= 0.6 is 0 Å². The van der Waals surface area contributed by atoms with Crippen LogP contribution in [0.3, 0.4) is 0 Å². The molecule has 3 amide bonds. The summed E-state index contributed by atoms with van der Waals surface area (Å²) in [6.45, 7) is 0.510. The first-order valence-corrected chi connectivity index (χ1v) is 10.7. The summed E-state index contributed by atoms with van der Waals surface area (Å²) >= 11 is 0. The molecule has 0 aliphatic carbocycles. The quantitative estimate of drug-likeness (QED) is 0.432. The van der Waals surface area contributed by atoms with E-state index in [1.54, 1.807) is 36.4 Å². The number of hydrogen-bond donors (Lipinski definition) is 4. The van der Waals surface area contributed by atoms with Crippen LogP contribution in [0.25, 0.3) is 0 Å². The van der Waals surface area contributed by atoms with Crippen molar-refractivity contribution in [3.8, 4) is 0 Å². The van der Waals surface area contributed by atoms with Gasteiger partial charge in [-0.15, -0.1) is 0 Å². The number of ether oxygens (including phenoxy) is 1. The Bertz CT molecular complexity index is 967. The van der Waals surface area contributed by atoms with Crippen molar-refractivity contribution in [3.05, 3.63) is 71.8 Å². The van der Waals surface area contributed by atoms with Gasteiger partial charge in [-0.25, -0.2) is 9.59 Å². The zero-order valence-corrected chi connectivity index (χ0v) is 18.0. The third-order valence-corrected chi connectivity index (χ3v) is 5.40. The summed E-state index contributed by atoms with van der Waals surface area (Å²) in [5, 5.41) is 17.2. The van der Waals surface area contributed by atoms with E-state index in [1.165, 1.54) is 0 Å². The van der Waals surface area contributed by atoms with Crippen molar-refractivity contribution in [2.24, 2.45) is 5.92 Å². The monoisotopic (exact) mass is 453 g/mol. The van der Waals surface area contributed by atoms with Gasteiger partial charge in [-0.3, -0.25) is 9.59 Å². The molecule has 33 heavy (non-hydrogen) atoms. The van der Waals surface area contributed by atoms with Crippen molar-refractivity contribution < 1.29 is 29.0 Å². The fraction of sp³-hybridized carbons (Fsp3) is 0.333. The zero-order valence-electron chi connectivity index (χ0n) is 18.0. The largest absolute Gasteiger partial charge is 0.480 e. The normalized spacial score (nSPS) is 16.8. The summed E-state index contributed by atoms with van der Waals surface area (Å²) in [5.74, 6) is -2.61. The number of carbonyl (C=O) groups excluding carboxylic acids is 3. The number of benzene rings is 2. The summed E-state index contributed by atoms with van der Waals surface area (Å²) in [4.78, 5) is 48.9. The van der Waals surface area contributed by atoms with E-state index >= 15 is 0 Å². The van der Waals surface area contributed by atoms with E-state index in [-0.39, 0.29) is 25.4 Å². The van der Waals surface area contributed by atoms with Gasteiger partial charge in [0.25, 0.3) is 0 Å². The minimum absolute atomic E-state index is 0.0244. The smallest absolute Gasteiger partial charge is 0.408 e.